The average Bonchev–Trinajstić information content (AvgIpc) is 2.18. The van der Waals surface area contributed by atoms with Gasteiger partial charge in [-0.1, -0.05) is 0 Å². The van der Waals surface area contributed by atoms with E-state index in [2.05, 4.69) is 4.90 Å². The Bertz CT molecular complexity index is 293. The molecule has 0 aromatic heterocycles. The number of nitrogens with zero attached hydrogens (tertiary/aromatic N) is 1. The molecule has 1 aliphatic heterocycles. The minimum absolute atomic E-state index is 0.780. The first-order valence-corrected chi connectivity index (χ1v) is 5.55. The van der Waals surface area contributed by atoms with Gasteiger partial charge >= 0.3 is 0 Å². The second kappa shape index (κ2) is 5.03. The van der Waals surface area contributed by atoms with Crippen LogP contribution in [0.4, 0.5) is 5.69 Å². The molecule has 3 nitrogen and oxygen atoms in total. The van der Waals surface area contributed by atoms with Crippen molar-refractivity contribution < 1.29 is 4.74 Å². The first-order chi connectivity index (χ1) is 7.34. The third-order valence-electron chi connectivity index (χ3n) is 2.72. The van der Waals surface area contributed by atoms with Crippen LogP contribution in [0, 0.1) is 0 Å². The summed E-state index contributed by atoms with van der Waals surface area (Å²) in [6, 6.07) is 7.56. The molecule has 0 amide bonds. The van der Waals surface area contributed by atoms with Gasteiger partial charge in [0.05, 0.1) is 6.61 Å². The van der Waals surface area contributed by atoms with E-state index in [0.29, 0.717) is 0 Å². The van der Waals surface area contributed by atoms with Gasteiger partial charge in [0.2, 0.25) is 0 Å². The summed E-state index contributed by atoms with van der Waals surface area (Å²) in [7, 11) is 0. The summed E-state index contributed by atoms with van der Waals surface area (Å²) in [6.45, 7) is 4.49. The van der Waals surface area contributed by atoms with E-state index in [4.69, 9.17) is 10.5 Å². The molecule has 82 valence electrons. The molecule has 0 radical (unpaired) electrons. The van der Waals surface area contributed by atoms with Crippen molar-refractivity contribution in [1.82, 2.24) is 4.90 Å². The van der Waals surface area contributed by atoms with Crippen molar-refractivity contribution in [1.29, 1.82) is 0 Å². The molecule has 0 aliphatic carbocycles. The van der Waals surface area contributed by atoms with Crippen molar-refractivity contribution in [2.75, 3.05) is 32.0 Å². The van der Waals surface area contributed by atoms with Gasteiger partial charge in [-0.25, -0.2) is 0 Å². The number of nitrogen functional groups attached to an aromatic ring is 1. The molecule has 1 fully saturated rings. The summed E-state index contributed by atoms with van der Waals surface area (Å²) in [4.78, 5) is 2.45. The van der Waals surface area contributed by atoms with Gasteiger partial charge in [-0.3, -0.25) is 0 Å². The minimum atomic E-state index is 0.780. The molecule has 0 unspecified atom stereocenters. The summed E-state index contributed by atoms with van der Waals surface area (Å²) in [5.41, 5.74) is 6.37. The second-order valence-electron chi connectivity index (χ2n) is 3.97. The molecule has 15 heavy (non-hydrogen) atoms. The Labute approximate surface area is 90.8 Å². The SMILES string of the molecule is Nc1ccc(OCCCN2CCC2)cc1. The third-order valence-corrected chi connectivity index (χ3v) is 2.72. The summed E-state index contributed by atoms with van der Waals surface area (Å²) in [6.07, 6.45) is 2.46. The van der Waals surface area contributed by atoms with E-state index in [9.17, 15) is 0 Å². The zero-order chi connectivity index (χ0) is 10.5. The second-order valence-corrected chi connectivity index (χ2v) is 3.97. The Hall–Kier alpha value is -1.22. The fourth-order valence-electron chi connectivity index (χ4n) is 1.65. The number of ether oxygens (including phenoxy) is 1. The summed E-state index contributed by atoms with van der Waals surface area (Å²) in [5.74, 6) is 0.910. The molecule has 1 saturated heterocycles. The Balaban J connectivity index is 1.62. The van der Waals surface area contributed by atoms with Crippen molar-refractivity contribution in [3.63, 3.8) is 0 Å². The lowest BCUT2D eigenvalue weighted by Crippen LogP contribution is -2.38. The van der Waals surface area contributed by atoms with Crippen molar-refractivity contribution in [3.8, 4) is 5.75 Å². The standard InChI is InChI=1S/C12H18N2O/c13-11-3-5-12(6-4-11)15-10-2-9-14-7-1-8-14/h3-6H,1-2,7-10,13H2. The Morgan fingerprint density at radius 1 is 1.20 bits per heavy atom. The van der Waals surface area contributed by atoms with E-state index in [-0.39, 0.29) is 0 Å². The number of rotatable bonds is 5. The van der Waals surface area contributed by atoms with Gasteiger partial charge < -0.3 is 15.4 Å². The van der Waals surface area contributed by atoms with Crippen LogP contribution in [-0.2, 0) is 0 Å². The van der Waals surface area contributed by atoms with Crippen LogP contribution < -0.4 is 10.5 Å². The highest BCUT2D eigenvalue weighted by molar-refractivity contribution is 5.41. The molecule has 1 heterocycles. The summed E-state index contributed by atoms with van der Waals surface area (Å²) < 4.78 is 5.60. The van der Waals surface area contributed by atoms with Crippen LogP contribution in [-0.4, -0.2) is 31.1 Å². The molecule has 1 aromatic rings. The predicted octanol–water partition coefficient (Wildman–Crippen LogP) is 1.74. The molecule has 2 rings (SSSR count). The van der Waals surface area contributed by atoms with Gasteiger partial charge in [-0.15, -0.1) is 0 Å². The molecular weight excluding hydrogens is 188 g/mol. The first kappa shape index (κ1) is 10.3. The van der Waals surface area contributed by atoms with Gasteiger partial charge in [-0.2, -0.15) is 0 Å². The number of likely N-dealkylation sites (tertiary alicyclic amines) is 1. The van der Waals surface area contributed by atoms with Gasteiger partial charge in [0.15, 0.2) is 0 Å². The van der Waals surface area contributed by atoms with E-state index in [0.717, 1.165) is 31.0 Å². The van der Waals surface area contributed by atoms with Gasteiger partial charge in [0, 0.05) is 12.2 Å². The summed E-state index contributed by atoms with van der Waals surface area (Å²) >= 11 is 0. The number of anilines is 1. The molecule has 2 N–H and O–H groups in total. The normalized spacial score (nSPS) is 16.0. The van der Waals surface area contributed by atoms with Crippen LogP contribution in [0.1, 0.15) is 12.8 Å². The highest BCUT2D eigenvalue weighted by Gasteiger charge is 2.12. The topological polar surface area (TPSA) is 38.5 Å². The lowest BCUT2D eigenvalue weighted by molar-refractivity contribution is 0.165. The fourth-order valence-corrected chi connectivity index (χ4v) is 1.65. The molecule has 0 saturated carbocycles. The molecule has 0 spiro atoms. The predicted molar refractivity (Wildman–Crippen MR) is 62.0 cm³/mol. The Kier molecular flexibility index (Phi) is 3.45. The number of hydrogen-bond donors (Lipinski definition) is 1. The number of nitrogens with two attached hydrogens (primary N) is 1. The van der Waals surface area contributed by atoms with E-state index in [1.807, 2.05) is 24.3 Å². The smallest absolute Gasteiger partial charge is 0.119 e. The van der Waals surface area contributed by atoms with Gasteiger partial charge in [0.25, 0.3) is 0 Å². The van der Waals surface area contributed by atoms with Crippen molar-refractivity contribution >= 4 is 5.69 Å². The molecule has 3 heteroatoms. The number of benzene rings is 1. The van der Waals surface area contributed by atoms with Crippen molar-refractivity contribution in [2.45, 2.75) is 12.8 Å². The lowest BCUT2D eigenvalue weighted by atomic mass is 10.2. The molecule has 1 aliphatic rings. The molecule has 0 atom stereocenters. The lowest BCUT2D eigenvalue weighted by Gasteiger charge is -2.30. The van der Waals surface area contributed by atoms with Crippen LogP contribution >= 0.6 is 0 Å². The molecule has 0 bridgehead atoms. The van der Waals surface area contributed by atoms with Crippen LogP contribution in [0.2, 0.25) is 0 Å². The van der Waals surface area contributed by atoms with Crippen molar-refractivity contribution in [2.24, 2.45) is 0 Å². The third kappa shape index (κ3) is 3.13. The first-order valence-electron chi connectivity index (χ1n) is 5.55. The molecular formula is C12H18N2O. The highest BCUT2D eigenvalue weighted by Crippen LogP contribution is 2.13. The summed E-state index contributed by atoms with van der Waals surface area (Å²) in [5, 5.41) is 0. The van der Waals surface area contributed by atoms with Crippen LogP contribution in [0.5, 0.6) is 5.75 Å². The Morgan fingerprint density at radius 3 is 2.53 bits per heavy atom. The van der Waals surface area contributed by atoms with Crippen molar-refractivity contribution in [3.05, 3.63) is 24.3 Å². The fraction of sp³-hybridized carbons (Fsp3) is 0.500. The highest BCUT2D eigenvalue weighted by atomic mass is 16.5. The minimum Gasteiger partial charge on any atom is -0.494 e. The zero-order valence-electron chi connectivity index (χ0n) is 8.98. The monoisotopic (exact) mass is 206 g/mol. The molecule has 1 aromatic carbocycles. The van der Waals surface area contributed by atoms with Crippen LogP contribution in [0.15, 0.2) is 24.3 Å². The van der Waals surface area contributed by atoms with E-state index in [1.165, 1.54) is 19.5 Å². The average molecular weight is 206 g/mol. The maximum absolute atomic E-state index is 5.60. The largest absolute Gasteiger partial charge is 0.494 e. The van der Waals surface area contributed by atoms with E-state index in [1.54, 1.807) is 0 Å². The van der Waals surface area contributed by atoms with Gasteiger partial charge in [0.1, 0.15) is 5.75 Å². The maximum atomic E-state index is 5.60. The quantitative estimate of drug-likeness (QED) is 0.589. The zero-order valence-corrected chi connectivity index (χ0v) is 8.98. The number of hydrogen-bond acceptors (Lipinski definition) is 3. The van der Waals surface area contributed by atoms with E-state index >= 15 is 0 Å². The van der Waals surface area contributed by atoms with Crippen LogP contribution in [0.25, 0.3) is 0 Å². The van der Waals surface area contributed by atoms with Crippen LogP contribution in [0.3, 0.4) is 0 Å². The van der Waals surface area contributed by atoms with E-state index < -0.39 is 0 Å². The Morgan fingerprint density at radius 2 is 1.93 bits per heavy atom. The van der Waals surface area contributed by atoms with Gasteiger partial charge in [-0.05, 0) is 50.2 Å². The maximum Gasteiger partial charge on any atom is 0.119 e.